The zero-order chi connectivity index (χ0) is 16.1. The van der Waals surface area contributed by atoms with E-state index in [4.69, 9.17) is 4.74 Å². The molecule has 0 atom stereocenters. The van der Waals surface area contributed by atoms with Gasteiger partial charge in [-0.05, 0) is 5.56 Å². The number of benzene rings is 1. The Kier molecular flexibility index (Phi) is 4.51. The summed E-state index contributed by atoms with van der Waals surface area (Å²) in [5.74, 6) is -0.141. The van der Waals surface area contributed by atoms with Crippen molar-refractivity contribution in [3.05, 3.63) is 48.3 Å². The van der Waals surface area contributed by atoms with Crippen LogP contribution in [-0.2, 0) is 16.1 Å². The molecule has 1 aromatic heterocycles. The number of hydrogen-bond donors (Lipinski definition) is 1. The first kappa shape index (κ1) is 15.0. The van der Waals surface area contributed by atoms with Crippen LogP contribution in [-0.4, -0.2) is 51.5 Å². The molecule has 8 nitrogen and oxygen atoms in total. The molecule has 2 aromatic rings. The van der Waals surface area contributed by atoms with Crippen molar-refractivity contribution in [2.75, 3.05) is 19.6 Å². The third-order valence-corrected chi connectivity index (χ3v) is 3.63. The maximum atomic E-state index is 11.9. The molecule has 1 N–H and O–H groups in total. The van der Waals surface area contributed by atoms with Gasteiger partial charge in [-0.2, -0.15) is 0 Å². The molecule has 1 fully saturated rings. The number of carbonyl (C=O) groups excluding carboxylic acids is 2. The van der Waals surface area contributed by atoms with Crippen molar-refractivity contribution in [3.8, 4) is 0 Å². The molecular formula is C15H17N5O3. The van der Waals surface area contributed by atoms with E-state index >= 15 is 0 Å². The Bertz CT molecular complexity index is 653. The second-order valence-corrected chi connectivity index (χ2v) is 5.25. The van der Waals surface area contributed by atoms with E-state index < -0.39 is 6.09 Å². The van der Waals surface area contributed by atoms with Gasteiger partial charge in [-0.25, -0.2) is 9.48 Å². The topological polar surface area (TPSA) is 89.4 Å². The molecule has 0 bridgehead atoms. The van der Waals surface area contributed by atoms with Gasteiger partial charge in [0, 0.05) is 19.3 Å². The lowest BCUT2D eigenvalue weighted by molar-refractivity contribution is -0.136. The molecule has 0 radical (unpaired) electrons. The van der Waals surface area contributed by atoms with Crippen LogP contribution in [0.15, 0.2) is 42.7 Å². The molecule has 2 amide bonds. The average molecular weight is 315 g/mol. The highest BCUT2D eigenvalue weighted by molar-refractivity contribution is 5.82. The molecule has 0 aliphatic carbocycles. The summed E-state index contributed by atoms with van der Waals surface area (Å²) in [6.07, 6.45) is 2.77. The van der Waals surface area contributed by atoms with E-state index in [0.717, 1.165) is 5.56 Å². The fourth-order valence-electron chi connectivity index (χ4n) is 2.27. The van der Waals surface area contributed by atoms with Crippen LogP contribution in [0.3, 0.4) is 0 Å². The molecule has 0 unspecified atom stereocenters. The highest BCUT2D eigenvalue weighted by atomic mass is 16.5. The zero-order valence-corrected chi connectivity index (χ0v) is 12.5. The third kappa shape index (κ3) is 3.85. The van der Waals surface area contributed by atoms with E-state index in [1.165, 1.54) is 0 Å². The fraction of sp³-hybridized carbons (Fsp3) is 0.333. The highest BCUT2D eigenvalue weighted by Gasteiger charge is 2.32. The molecule has 0 spiro atoms. The molecule has 1 aromatic carbocycles. The van der Waals surface area contributed by atoms with Gasteiger partial charge in [0.1, 0.15) is 13.2 Å². The number of nitrogens with one attached hydrogen (secondary N) is 1. The lowest BCUT2D eigenvalue weighted by Crippen LogP contribution is -2.53. The second kappa shape index (κ2) is 6.91. The Hall–Kier alpha value is -2.90. The summed E-state index contributed by atoms with van der Waals surface area (Å²) >= 11 is 0. The van der Waals surface area contributed by atoms with Crippen molar-refractivity contribution in [1.82, 2.24) is 25.2 Å². The molecule has 3 rings (SSSR count). The van der Waals surface area contributed by atoms with E-state index in [-0.39, 0.29) is 25.1 Å². The molecule has 1 aliphatic rings. The number of alkyl carbamates (subject to hydrolysis) is 1. The minimum atomic E-state index is -0.601. The van der Waals surface area contributed by atoms with Gasteiger partial charge < -0.3 is 15.0 Å². The van der Waals surface area contributed by atoms with Crippen LogP contribution in [0.2, 0.25) is 0 Å². The third-order valence-electron chi connectivity index (χ3n) is 3.63. The summed E-state index contributed by atoms with van der Waals surface area (Å²) in [7, 11) is 0. The van der Waals surface area contributed by atoms with Crippen molar-refractivity contribution in [1.29, 1.82) is 0 Å². The molecule has 0 saturated carbocycles. The smallest absolute Gasteiger partial charge is 0.407 e. The van der Waals surface area contributed by atoms with Crippen molar-refractivity contribution >= 4 is 12.0 Å². The van der Waals surface area contributed by atoms with Crippen LogP contribution in [0.4, 0.5) is 4.79 Å². The standard InChI is InChI=1S/C15H17N5O3/c21-14(19-9-13(10-19)20-7-6-17-18-20)8-16-15(22)23-11-12-4-2-1-3-5-12/h1-7,13H,8-11H2,(H,16,22). The normalized spacial score (nSPS) is 14.2. The Morgan fingerprint density at radius 1 is 1.26 bits per heavy atom. The monoisotopic (exact) mass is 315 g/mol. The van der Waals surface area contributed by atoms with Crippen molar-refractivity contribution in [3.63, 3.8) is 0 Å². The lowest BCUT2D eigenvalue weighted by atomic mass is 10.1. The van der Waals surface area contributed by atoms with Crippen LogP contribution in [0.1, 0.15) is 11.6 Å². The summed E-state index contributed by atoms with van der Waals surface area (Å²) < 4.78 is 6.77. The number of rotatable bonds is 5. The van der Waals surface area contributed by atoms with Gasteiger partial charge in [-0.1, -0.05) is 35.5 Å². The van der Waals surface area contributed by atoms with Crippen LogP contribution >= 0.6 is 0 Å². The van der Waals surface area contributed by atoms with Crippen LogP contribution < -0.4 is 5.32 Å². The summed E-state index contributed by atoms with van der Waals surface area (Å²) in [6, 6.07) is 9.52. The van der Waals surface area contributed by atoms with E-state index in [2.05, 4.69) is 15.6 Å². The minimum absolute atomic E-state index is 0.0717. The van der Waals surface area contributed by atoms with Gasteiger partial charge in [-0.3, -0.25) is 4.79 Å². The Balaban J connectivity index is 1.34. The van der Waals surface area contributed by atoms with Crippen molar-refractivity contribution in [2.24, 2.45) is 0 Å². The number of ether oxygens (including phenoxy) is 1. The summed E-state index contributed by atoms with van der Waals surface area (Å²) in [4.78, 5) is 25.2. The van der Waals surface area contributed by atoms with Crippen molar-refractivity contribution < 1.29 is 14.3 Å². The summed E-state index contributed by atoms with van der Waals surface area (Å²) in [6.45, 7) is 1.25. The number of nitrogens with zero attached hydrogens (tertiary/aromatic N) is 4. The average Bonchev–Trinajstić information content (AvgIpc) is 3.04. The first-order valence-corrected chi connectivity index (χ1v) is 7.30. The lowest BCUT2D eigenvalue weighted by Gasteiger charge is -2.38. The highest BCUT2D eigenvalue weighted by Crippen LogP contribution is 2.19. The second-order valence-electron chi connectivity index (χ2n) is 5.25. The molecule has 1 saturated heterocycles. The largest absolute Gasteiger partial charge is 0.445 e. The maximum absolute atomic E-state index is 11.9. The molecular weight excluding hydrogens is 298 g/mol. The molecule has 8 heteroatoms. The maximum Gasteiger partial charge on any atom is 0.407 e. The van der Waals surface area contributed by atoms with Gasteiger partial charge in [-0.15, -0.1) is 5.10 Å². The Labute approximate surface area is 133 Å². The van der Waals surface area contributed by atoms with Gasteiger partial charge in [0.2, 0.25) is 5.91 Å². The van der Waals surface area contributed by atoms with Gasteiger partial charge >= 0.3 is 6.09 Å². The van der Waals surface area contributed by atoms with E-state index in [0.29, 0.717) is 13.1 Å². The predicted molar refractivity (Wildman–Crippen MR) is 80.3 cm³/mol. The first-order chi connectivity index (χ1) is 11.2. The number of carbonyl (C=O) groups is 2. The summed E-state index contributed by atoms with van der Waals surface area (Å²) in [5, 5.41) is 10.1. The molecule has 120 valence electrons. The van der Waals surface area contributed by atoms with Gasteiger partial charge in [0.05, 0.1) is 12.2 Å². The number of likely N-dealkylation sites (tertiary alicyclic amines) is 1. The molecule has 23 heavy (non-hydrogen) atoms. The fourth-order valence-corrected chi connectivity index (χ4v) is 2.27. The van der Waals surface area contributed by atoms with Gasteiger partial charge in [0.15, 0.2) is 0 Å². The molecule has 1 aliphatic heterocycles. The SMILES string of the molecule is O=C(NCC(=O)N1CC(n2ccnn2)C1)OCc1ccccc1. The zero-order valence-electron chi connectivity index (χ0n) is 12.5. The molecule has 2 heterocycles. The van der Waals surface area contributed by atoms with Crippen LogP contribution in [0.25, 0.3) is 0 Å². The Morgan fingerprint density at radius 2 is 2.04 bits per heavy atom. The van der Waals surface area contributed by atoms with Gasteiger partial charge in [0.25, 0.3) is 0 Å². The number of hydrogen-bond acceptors (Lipinski definition) is 5. The number of amides is 2. The van der Waals surface area contributed by atoms with E-state index in [9.17, 15) is 9.59 Å². The predicted octanol–water partition coefficient (Wildman–Crippen LogP) is 0.588. The quantitative estimate of drug-likeness (QED) is 0.872. The summed E-state index contributed by atoms with van der Waals surface area (Å²) in [5.41, 5.74) is 0.896. The minimum Gasteiger partial charge on any atom is -0.445 e. The van der Waals surface area contributed by atoms with E-state index in [1.807, 2.05) is 30.3 Å². The van der Waals surface area contributed by atoms with Crippen LogP contribution in [0, 0.1) is 0 Å². The van der Waals surface area contributed by atoms with Crippen molar-refractivity contribution in [2.45, 2.75) is 12.6 Å². The van der Waals surface area contributed by atoms with E-state index in [1.54, 1.807) is 22.0 Å². The first-order valence-electron chi connectivity index (χ1n) is 7.30. The Morgan fingerprint density at radius 3 is 2.74 bits per heavy atom. The number of aromatic nitrogens is 3. The van der Waals surface area contributed by atoms with Crippen LogP contribution in [0.5, 0.6) is 0 Å².